The fourth-order valence-corrected chi connectivity index (χ4v) is 4.71. The van der Waals surface area contributed by atoms with Crippen molar-refractivity contribution in [3.8, 4) is 5.69 Å². The van der Waals surface area contributed by atoms with E-state index in [1.165, 1.54) is 12.1 Å². The van der Waals surface area contributed by atoms with E-state index in [0.717, 1.165) is 66.1 Å². The van der Waals surface area contributed by atoms with Crippen LogP contribution in [0.25, 0.3) is 16.7 Å². The zero-order valence-corrected chi connectivity index (χ0v) is 20.7. The molecule has 1 amide bonds. The molecule has 0 radical (unpaired) electrons. The molecule has 1 aliphatic heterocycles. The van der Waals surface area contributed by atoms with E-state index in [0.29, 0.717) is 5.52 Å². The summed E-state index contributed by atoms with van der Waals surface area (Å²) in [6.07, 6.45) is -4.54. The van der Waals surface area contributed by atoms with E-state index in [9.17, 15) is 18.0 Å². The van der Waals surface area contributed by atoms with Gasteiger partial charge in [0.05, 0.1) is 22.3 Å². The number of hydrogen-bond acceptors (Lipinski definition) is 4. The molecule has 1 saturated heterocycles. The van der Waals surface area contributed by atoms with Crippen molar-refractivity contribution in [1.29, 1.82) is 0 Å². The Morgan fingerprint density at radius 3 is 2.56 bits per heavy atom. The van der Waals surface area contributed by atoms with Gasteiger partial charge >= 0.3 is 6.18 Å². The molecule has 3 aromatic carbocycles. The van der Waals surface area contributed by atoms with Crippen LogP contribution in [0.5, 0.6) is 0 Å². The second kappa shape index (κ2) is 10.0. The number of alkyl halides is 3. The summed E-state index contributed by atoms with van der Waals surface area (Å²) >= 11 is 3.48. The van der Waals surface area contributed by atoms with Crippen LogP contribution in [0, 0.1) is 0 Å². The van der Waals surface area contributed by atoms with Crippen molar-refractivity contribution in [2.75, 3.05) is 31.5 Å². The predicted octanol–water partition coefficient (Wildman–Crippen LogP) is 5.46. The summed E-state index contributed by atoms with van der Waals surface area (Å²) in [6.45, 7) is 4.61. The first-order valence-electron chi connectivity index (χ1n) is 11.5. The number of nitrogens with one attached hydrogen (secondary N) is 2. The number of amides is 1. The van der Waals surface area contributed by atoms with Crippen LogP contribution in [-0.2, 0) is 12.7 Å². The Bertz CT molecular complexity index is 1410. The maximum absolute atomic E-state index is 13.2. The zero-order chi connectivity index (χ0) is 25.3. The highest BCUT2D eigenvalue weighted by Gasteiger charge is 2.31. The van der Waals surface area contributed by atoms with Crippen molar-refractivity contribution in [2.24, 2.45) is 0 Å². The van der Waals surface area contributed by atoms with Crippen LogP contribution >= 0.6 is 15.9 Å². The first kappa shape index (κ1) is 24.5. The number of halogens is 4. The van der Waals surface area contributed by atoms with Gasteiger partial charge in [0.15, 0.2) is 0 Å². The van der Waals surface area contributed by atoms with Gasteiger partial charge in [-0.1, -0.05) is 34.1 Å². The molecule has 0 bridgehead atoms. The Morgan fingerprint density at radius 1 is 1.03 bits per heavy atom. The molecule has 1 aliphatic rings. The standard InChI is InChI=1S/C26H23BrF3N5O/c27-20-5-2-6-21(15-20)35-23-8-7-17(16-34-11-9-31-10-12-34)13-22(23)32-25(35)33-24(36)18-3-1-4-19(14-18)26(28,29)30/h1-8,13-15,31H,9-12,16H2,(H,32,33,36). The van der Waals surface area contributed by atoms with Gasteiger partial charge in [0.2, 0.25) is 5.95 Å². The number of benzene rings is 3. The second-order valence-electron chi connectivity index (χ2n) is 8.63. The van der Waals surface area contributed by atoms with Crippen LogP contribution in [-0.4, -0.2) is 46.5 Å². The Balaban J connectivity index is 1.52. The molecular weight excluding hydrogens is 535 g/mol. The van der Waals surface area contributed by atoms with Gasteiger partial charge in [-0.05, 0) is 54.1 Å². The molecule has 5 rings (SSSR count). The lowest BCUT2D eigenvalue weighted by Crippen LogP contribution is -2.42. The summed E-state index contributed by atoms with van der Waals surface area (Å²) in [5, 5.41) is 6.07. The summed E-state index contributed by atoms with van der Waals surface area (Å²) in [6, 6.07) is 17.8. The van der Waals surface area contributed by atoms with Crippen LogP contribution < -0.4 is 10.6 Å². The molecule has 2 N–H and O–H groups in total. The fourth-order valence-electron chi connectivity index (χ4n) is 4.32. The van der Waals surface area contributed by atoms with Crippen molar-refractivity contribution in [3.05, 3.63) is 87.9 Å². The van der Waals surface area contributed by atoms with E-state index in [4.69, 9.17) is 0 Å². The predicted molar refractivity (Wildman–Crippen MR) is 136 cm³/mol. The van der Waals surface area contributed by atoms with Crippen LogP contribution in [0.1, 0.15) is 21.5 Å². The molecule has 2 heterocycles. The van der Waals surface area contributed by atoms with Gasteiger partial charge < -0.3 is 5.32 Å². The topological polar surface area (TPSA) is 62.2 Å². The van der Waals surface area contributed by atoms with Crippen LogP contribution in [0.2, 0.25) is 0 Å². The highest BCUT2D eigenvalue weighted by molar-refractivity contribution is 9.10. The van der Waals surface area contributed by atoms with Gasteiger partial charge in [0.1, 0.15) is 0 Å². The van der Waals surface area contributed by atoms with E-state index in [-0.39, 0.29) is 11.5 Å². The third kappa shape index (κ3) is 5.30. The average Bonchev–Trinajstić information content (AvgIpc) is 3.21. The van der Waals surface area contributed by atoms with Gasteiger partial charge in [-0.2, -0.15) is 13.2 Å². The SMILES string of the molecule is O=C(Nc1nc2cc(CN3CCNCC3)ccc2n1-c1cccc(Br)c1)c1cccc(C(F)(F)F)c1. The molecule has 1 aromatic heterocycles. The molecule has 36 heavy (non-hydrogen) atoms. The number of nitrogens with zero attached hydrogens (tertiary/aromatic N) is 3. The van der Waals surface area contributed by atoms with E-state index in [2.05, 4.69) is 36.4 Å². The smallest absolute Gasteiger partial charge is 0.314 e. The largest absolute Gasteiger partial charge is 0.416 e. The van der Waals surface area contributed by atoms with Gasteiger partial charge in [0.25, 0.3) is 5.91 Å². The number of aromatic nitrogens is 2. The fraction of sp³-hybridized carbons (Fsp3) is 0.231. The molecular formula is C26H23BrF3N5O. The minimum atomic E-state index is -4.54. The van der Waals surface area contributed by atoms with Crippen LogP contribution in [0.3, 0.4) is 0 Å². The first-order chi connectivity index (χ1) is 17.3. The van der Waals surface area contributed by atoms with Gasteiger partial charge in [-0.25, -0.2) is 4.98 Å². The number of imidazole rings is 1. The van der Waals surface area contributed by atoms with E-state index in [1.807, 2.05) is 42.5 Å². The summed E-state index contributed by atoms with van der Waals surface area (Å²) in [5.74, 6) is -0.446. The lowest BCUT2D eigenvalue weighted by molar-refractivity contribution is -0.137. The molecule has 0 aliphatic carbocycles. The van der Waals surface area contributed by atoms with Crippen LogP contribution in [0.4, 0.5) is 19.1 Å². The number of piperazine rings is 1. The number of hydrogen-bond donors (Lipinski definition) is 2. The molecule has 0 saturated carbocycles. The van der Waals surface area contributed by atoms with Crippen molar-refractivity contribution in [2.45, 2.75) is 12.7 Å². The molecule has 6 nitrogen and oxygen atoms in total. The lowest BCUT2D eigenvalue weighted by atomic mass is 10.1. The average molecular weight is 558 g/mol. The molecule has 4 aromatic rings. The Labute approximate surface area is 214 Å². The highest BCUT2D eigenvalue weighted by atomic mass is 79.9. The van der Waals surface area contributed by atoms with Crippen molar-refractivity contribution < 1.29 is 18.0 Å². The zero-order valence-electron chi connectivity index (χ0n) is 19.1. The van der Waals surface area contributed by atoms with Crippen molar-refractivity contribution >= 4 is 38.8 Å². The first-order valence-corrected chi connectivity index (χ1v) is 12.3. The Morgan fingerprint density at radius 2 is 1.81 bits per heavy atom. The normalized spacial score (nSPS) is 14.8. The van der Waals surface area contributed by atoms with Gasteiger partial charge in [-0.15, -0.1) is 0 Å². The number of carbonyl (C=O) groups excluding carboxylic acids is 1. The summed E-state index contributed by atoms with van der Waals surface area (Å²) in [4.78, 5) is 20.0. The molecule has 0 unspecified atom stereocenters. The van der Waals surface area contributed by atoms with Gasteiger partial charge in [-0.3, -0.25) is 19.6 Å². The number of fused-ring (bicyclic) bond motifs is 1. The summed E-state index contributed by atoms with van der Waals surface area (Å²) < 4.78 is 42.1. The third-order valence-electron chi connectivity index (χ3n) is 6.08. The lowest BCUT2D eigenvalue weighted by Gasteiger charge is -2.27. The van der Waals surface area contributed by atoms with Crippen molar-refractivity contribution in [1.82, 2.24) is 19.8 Å². The number of carbonyl (C=O) groups is 1. The minimum Gasteiger partial charge on any atom is -0.314 e. The van der Waals surface area contributed by atoms with E-state index in [1.54, 1.807) is 4.57 Å². The number of anilines is 1. The quantitative estimate of drug-likeness (QED) is 0.342. The summed E-state index contributed by atoms with van der Waals surface area (Å²) in [7, 11) is 0. The molecule has 0 spiro atoms. The third-order valence-corrected chi connectivity index (χ3v) is 6.57. The molecule has 1 fully saturated rings. The van der Waals surface area contributed by atoms with Crippen molar-refractivity contribution in [3.63, 3.8) is 0 Å². The minimum absolute atomic E-state index is 0.0999. The molecule has 186 valence electrons. The Kier molecular flexibility index (Phi) is 6.83. The summed E-state index contributed by atoms with van der Waals surface area (Å²) in [5.41, 5.74) is 2.32. The maximum Gasteiger partial charge on any atom is 0.416 e. The molecule has 0 atom stereocenters. The highest BCUT2D eigenvalue weighted by Crippen LogP contribution is 2.31. The maximum atomic E-state index is 13.2. The van der Waals surface area contributed by atoms with Gasteiger partial charge in [0, 0.05) is 42.8 Å². The second-order valence-corrected chi connectivity index (χ2v) is 9.55. The molecule has 10 heteroatoms. The van der Waals surface area contributed by atoms with Crippen LogP contribution in [0.15, 0.2) is 71.2 Å². The monoisotopic (exact) mass is 557 g/mol. The van der Waals surface area contributed by atoms with E-state index < -0.39 is 17.6 Å². The Hall–Kier alpha value is -3.21. The van der Waals surface area contributed by atoms with E-state index >= 15 is 0 Å². The number of rotatable bonds is 5.